The van der Waals surface area contributed by atoms with Crippen molar-refractivity contribution in [1.29, 1.82) is 0 Å². The molecule has 33 heavy (non-hydrogen) atoms. The van der Waals surface area contributed by atoms with Crippen molar-refractivity contribution in [1.82, 2.24) is 24.9 Å². The fourth-order valence-electron chi connectivity index (χ4n) is 3.69. The van der Waals surface area contributed by atoms with Crippen LogP contribution in [0, 0.1) is 13.8 Å². The van der Waals surface area contributed by atoms with Crippen molar-refractivity contribution in [3.8, 4) is 11.5 Å². The number of aryl methyl sites for hydroxylation is 2. The van der Waals surface area contributed by atoms with Gasteiger partial charge in [0.1, 0.15) is 13.2 Å². The van der Waals surface area contributed by atoms with Crippen LogP contribution < -0.4 is 14.8 Å². The molecule has 1 N–H and O–H groups in total. The standard InChI is InChI=1S/C24H23N5O3S/c1-15-11-16(2)29-23(26-15)27-24(28-29)33-14-18-5-3-4-6-19(18)22(30)25-13-17-7-8-20-21(12-17)32-10-9-31-20/h3-8,11-12H,9-10,13-14H2,1-2H3,(H,25,30). The number of carbonyl (C=O) groups is 1. The van der Waals surface area contributed by atoms with Gasteiger partial charge < -0.3 is 14.8 Å². The van der Waals surface area contributed by atoms with Gasteiger partial charge in [0.25, 0.3) is 11.7 Å². The number of nitrogens with one attached hydrogen (secondary N) is 1. The van der Waals surface area contributed by atoms with Gasteiger partial charge in [-0.05, 0) is 49.2 Å². The topological polar surface area (TPSA) is 90.6 Å². The smallest absolute Gasteiger partial charge is 0.253 e. The SMILES string of the molecule is Cc1cc(C)n2nc(SCc3ccccc3C(=O)NCc3ccc4c(c3)OCCO4)nc2n1. The number of thioether (sulfide) groups is 1. The van der Waals surface area contributed by atoms with Crippen molar-refractivity contribution < 1.29 is 14.3 Å². The Morgan fingerprint density at radius 2 is 1.88 bits per heavy atom. The van der Waals surface area contributed by atoms with E-state index in [4.69, 9.17) is 9.47 Å². The Hall–Kier alpha value is -3.59. The number of ether oxygens (including phenoxy) is 2. The number of amides is 1. The van der Waals surface area contributed by atoms with E-state index in [-0.39, 0.29) is 5.91 Å². The zero-order chi connectivity index (χ0) is 22.8. The molecule has 0 unspecified atom stereocenters. The van der Waals surface area contributed by atoms with Crippen molar-refractivity contribution in [3.05, 3.63) is 76.6 Å². The van der Waals surface area contributed by atoms with Crippen molar-refractivity contribution in [2.24, 2.45) is 0 Å². The molecule has 0 saturated carbocycles. The van der Waals surface area contributed by atoms with E-state index in [9.17, 15) is 4.79 Å². The molecule has 1 amide bonds. The van der Waals surface area contributed by atoms with Crippen LogP contribution in [0.15, 0.2) is 53.7 Å². The molecule has 2 aromatic carbocycles. The third-order valence-electron chi connectivity index (χ3n) is 5.28. The maximum absolute atomic E-state index is 12.9. The minimum absolute atomic E-state index is 0.128. The molecule has 2 aromatic heterocycles. The molecule has 0 saturated heterocycles. The fraction of sp³-hybridized carbons (Fsp3) is 0.250. The normalized spacial score (nSPS) is 12.7. The van der Waals surface area contributed by atoms with Crippen LogP contribution in [0.2, 0.25) is 0 Å². The molecule has 4 aromatic rings. The van der Waals surface area contributed by atoms with Gasteiger partial charge in [0.05, 0.1) is 0 Å². The first-order chi connectivity index (χ1) is 16.1. The average molecular weight is 462 g/mol. The molecule has 0 atom stereocenters. The summed E-state index contributed by atoms with van der Waals surface area (Å²) in [7, 11) is 0. The molecule has 1 aliphatic heterocycles. The largest absolute Gasteiger partial charge is 0.486 e. The van der Waals surface area contributed by atoms with E-state index < -0.39 is 0 Å². The van der Waals surface area contributed by atoms with Crippen LogP contribution >= 0.6 is 11.8 Å². The van der Waals surface area contributed by atoms with Gasteiger partial charge in [-0.1, -0.05) is 36.0 Å². The lowest BCUT2D eigenvalue weighted by atomic mass is 10.1. The molecule has 0 spiro atoms. The van der Waals surface area contributed by atoms with Crippen molar-refractivity contribution >= 4 is 23.4 Å². The van der Waals surface area contributed by atoms with Crippen molar-refractivity contribution in [2.45, 2.75) is 31.3 Å². The van der Waals surface area contributed by atoms with Crippen LogP contribution in [0.3, 0.4) is 0 Å². The second-order valence-electron chi connectivity index (χ2n) is 7.75. The number of hydrogen-bond acceptors (Lipinski definition) is 7. The lowest BCUT2D eigenvalue weighted by Crippen LogP contribution is -2.24. The molecule has 0 fully saturated rings. The molecule has 168 valence electrons. The summed E-state index contributed by atoms with van der Waals surface area (Å²) in [5, 5.41) is 8.17. The number of carbonyl (C=O) groups excluding carboxylic acids is 1. The maximum atomic E-state index is 12.9. The van der Waals surface area contributed by atoms with E-state index in [2.05, 4.69) is 20.4 Å². The predicted octanol–water partition coefficient (Wildman–Crippen LogP) is 3.73. The maximum Gasteiger partial charge on any atom is 0.253 e. The third-order valence-corrected chi connectivity index (χ3v) is 6.16. The van der Waals surface area contributed by atoms with Crippen molar-refractivity contribution in [3.63, 3.8) is 0 Å². The number of rotatable bonds is 6. The van der Waals surface area contributed by atoms with Gasteiger partial charge >= 0.3 is 0 Å². The van der Waals surface area contributed by atoms with Gasteiger partial charge in [0, 0.05) is 29.2 Å². The molecule has 8 nitrogen and oxygen atoms in total. The Morgan fingerprint density at radius 1 is 1.06 bits per heavy atom. The summed E-state index contributed by atoms with van der Waals surface area (Å²) >= 11 is 1.48. The highest BCUT2D eigenvalue weighted by Gasteiger charge is 2.15. The fourth-order valence-corrected chi connectivity index (χ4v) is 4.52. The monoisotopic (exact) mass is 461 g/mol. The average Bonchev–Trinajstić information content (AvgIpc) is 3.24. The number of hydrogen-bond donors (Lipinski definition) is 1. The zero-order valence-electron chi connectivity index (χ0n) is 18.4. The lowest BCUT2D eigenvalue weighted by molar-refractivity contribution is 0.0950. The van der Waals surface area contributed by atoms with Crippen LogP contribution in [0.1, 0.15) is 32.9 Å². The zero-order valence-corrected chi connectivity index (χ0v) is 19.2. The third kappa shape index (κ3) is 4.63. The molecule has 0 radical (unpaired) electrons. The summed E-state index contributed by atoms with van der Waals surface area (Å²) < 4.78 is 12.9. The number of benzene rings is 2. The predicted molar refractivity (Wildman–Crippen MR) is 125 cm³/mol. The molecule has 0 aliphatic carbocycles. The van der Waals surface area contributed by atoms with E-state index in [1.807, 2.05) is 62.4 Å². The number of fused-ring (bicyclic) bond motifs is 2. The highest BCUT2D eigenvalue weighted by molar-refractivity contribution is 7.98. The summed E-state index contributed by atoms with van der Waals surface area (Å²) in [6, 6.07) is 15.3. The summed E-state index contributed by atoms with van der Waals surface area (Å²) in [4.78, 5) is 21.9. The van der Waals surface area contributed by atoms with Gasteiger partial charge in [0.15, 0.2) is 11.5 Å². The van der Waals surface area contributed by atoms with E-state index in [1.165, 1.54) is 11.8 Å². The van der Waals surface area contributed by atoms with E-state index in [1.54, 1.807) is 4.52 Å². The molecular formula is C24H23N5O3S. The van der Waals surface area contributed by atoms with Gasteiger partial charge in [0.2, 0.25) is 5.16 Å². The van der Waals surface area contributed by atoms with Crippen LogP contribution in [0.25, 0.3) is 5.78 Å². The van der Waals surface area contributed by atoms with Crippen LogP contribution in [0.4, 0.5) is 0 Å². The minimum atomic E-state index is -0.128. The summed E-state index contributed by atoms with van der Waals surface area (Å²) in [6.07, 6.45) is 0. The molecular weight excluding hydrogens is 438 g/mol. The highest BCUT2D eigenvalue weighted by Crippen LogP contribution is 2.30. The number of aromatic nitrogens is 4. The van der Waals surface area contributed by atoms with Gasteiger partial charge in [-0.3, -0.25) is 4.79 Å². The molecule has 3 heterocycles. The first-order valence-electron chi connectivity index (χ1n) is 10.7. The Morgan fingerprint density at radius 3 is 2.76 bits per heavy atom. The number of nitrogens with zero attached hydrogens (tertiary/aromatic N) is 4. The highest BCUT2D eigenvalue weighted by atomic mass is 32.2. The summed E-state index contributed by atoms with van der Waals surface area (Å²) in [6.45, 7) is 5.40. The molecule has 0 bridgehead atoms. The van der Waals surface area contributed by atoms with Gasteiger partial charge in [-0.25, -0.2) is 9.50 Å². The first-order valence-corrected chi connectivity index (χ1v) is 11.6. The Bertz CT molecular complexity index is 1340. The van der Waals surface area contributed by atoms with Crippen LogP contribution in [-0.4, -0.2) is 38.7 Å². The van der Waals surface area contributed by atoms with E-state index in [0.717, 1.165) is 28.3 Å². The van der Waals surface area contributed by atoms with E-state index in [0.29, 0.717) is 47.8 Å². The Labute approximate surface area is 195 Å². The van der Waals surface area contributed by atoms with E-state index >= 15 is 0 Å². The Kier molecular flexibility index (Phi) is 5.87. The van der Waals surface area contributed by atoms with Crippen LogP contribution in [0.5, 0.6) is 11.5 Å². The van der Waals surface area contributed by atoms with Crippen LogP contribution in [-0.2, 0) is 12.3 Å². The molecule has 5 rings (SSSR count). The second-order valence-corrected chi connectivity index (χ2v) is 8.69. The minimum Gasteiger partial charge on any atom is -0.486 e. The van der Waals surface area contributed by atoms with Gasteiger partial charge in [-0.15, -0.1) is 5.10 Å². The summed E-state index contributed by atoms with van der Waals surface area (Å²) in [5.74, 6) is 2.48. The molecule has 1 aliphatic rings. The van der Waals surface area contributed by atoms with Crippen molar-refractivity contribution in [2.75, 3.05) is 13.2 Å². The molecule has 9 heteroatoms. The lowest BCUT2D eigenvalue weighted by Gasteiger charge is -2.19. The Balaban J connectivity index is 1.26. The first kappa shape index (κ1) is 21.3. The summed E-state index contributed by atoms with van der Waals surface area (Å²) in [5.41, 5.74) is 4.39. The quantitative estimate of drug-likeness (QED) is 0.438. The van der Waals surface area contributed by atoms with Gasteiger partial charge in [-0.2, -0.15) is 4.98 Å². The second kappa shape index (κ2) is 9.11.